The zero-order valence-corrected chi connectivity index (χ0v) is 17.3. The third kappa shape index (κ3) is 3.50. The fraction of sp³-hybridized carbons (Fsp3) is 0.263. The van der Waals surface area contributed by atoms with E-state index in [4.69, 9.17) is 14.7 Å². The third-order valence-electron chi connectivity index (χ3n) is 4.69. The van der Waals surface area contributed by atoms with Crippen molar-refractivity contribution in [1.82, 2.24) is 19.9 Å². The topological polar surface area (TPSA) is 96.0 Å². The number of hydrogen-bond donors (Lipinski definition) is 2. The van der Waals surface area contributed by atoms with Crippen LogP contribution in [0.5, 0.6) is 0 Å². The molecule has 0 spiro atoms. The van der Waals surface area contributed by atoms with Crippen molar-refractivity contribution in [2.24, 2.45) is 0 Å². The lowest BCUT2D eigenvalue weighted by Crippen LogP contribution is -2.36. The number of morpholine rings is 1. The first kappa shape index (κ1) is 18.2. The molecule has 0 unspecified atom stereocenters. The number of ether oxygens (including phenoxy) is 1. The molecule has 4 heterocycles. The normalized spacial score (nSPS) is 14.4. The summed E-state index contributed by atoms with van der Waals surface area (Å²) in [6.07, 6.45) is 1.66. The van der Waals surface area contributed by atoms with Gasteiger partial charge in [-0.1, -0.05) is 17.4 Å². The van der Waals surface area contributed by atoms with Crippen LogP contribution in [0.25, 0.3) is 21.7 Å². The number of benzene rings is 1. The van der Waals surface area contributed by atoms with Gasteiger partial charge in [-0.2, -0.15) is 0 Å². The number of nitrogens with one attached hydrogen (secondary N) is 2. The number of para-hydroxylation sites is 1. The minimum atomic E-state index is -0.223. The molecule has 1 aliphatic rings. The summed E-state index contributed by atoms with van der Waals surface area (Å²) in [5, 5.41) is 6.19. The second kappa shape index (κ2) is 7.54. The molecule has 0 radical (unpaired) electrons. The lowest BCUT2D eigenvalue weighted by molar-refractivity contribution is 0.102. The van der Waals surface area contributed by atoms with Crippen LogP contribution in [-0.2, 0) is 4.74 Å². The number of aromatic amines is 1. The average molecular weight is 427 g/mol. The minimum Gasteiger partial charge on any atom is -0.378 e. The fourth-order valence-electron chi connectivity index (χ4n) is 3.26. The van der Waals surface area contributed by atoms with Gasteiger partial charge >= 0.3 is 0 Å². The summed E-state index contributed by atoms with van der Waals surface area (Å²) >= 11 is 2.99. The predicted molar refractivity (Wildman–Crippen MR) is 115 cm³/mol. The number of carbonyl (C=O) groups excluding carboxylic acids is 1. The van der Waals surface area contributed by atoms with Gasteiger partial charge in [0.05, 0.1) is 34.9 Å². The molecular weight excluding hydrogens is 408 g/mol. The Balaban J connectivity index is 1.49. The monoisotopic (exact) mass is 426 g/mol. The van der Waals surface area contributed by atoms with Gasteiger partial charge in [-0.15, -0.1) is 11.3 Å². The number of carbonyl (C=O) groups is 1. The zero-order chi connectivity index (χ0) is 19.8. The molecule has 1 aliphatic heterocycles. The molecule has 3 aromatic heterocycles. The minimum absolute atomic E-state index is 0.223. The summed E-state index contributed by atoms with van der Waals surface area (Å²) in [6, 6.07) is 5.54. The van der Waals surface area contributed by atoms with Gasteiger partial charge in [0.2, 0.25) is 0 Å². The van der Waals surface area contributed by atoms with E-state index in [0.29, 0.717) is 16.2 Å². The molecule has 10 heteroatoms. The van der Waals surface area contributed by atoms with Crippen molar-refractivity contribution in [3.63, 3.8) is 0 Å². The van der Waals surface area contributed by atoms with Gasteiger partial charge in [-0.25, -0.2) is 15.0 Å². The van der Waals surface area contributed by atoms with Crippen molar-refractivity contribution in [2.75, 3.05) is 36.5 Å². The van der Waals surface area contributed by atoms with Crippen LogP contribution in [0.15, 0.2) is 29.8 Å². The summed E-state index contributed by atoms with van der Waals surface area (Å²) in [6.45, 7) is 5.10. The van der Waals surface area contributed by atoms with Crippen LogP contribution in [-0.4, -0.2) is 52.1 Å². The Hall–Kier alpha value is -2.82. The lowest BCUT2D eigenvalue weighted by atomic mass is 10.2. The van der Waals surface area contributed by atoms with E-state index in [9.17, 15) is 4.79 Å². The largest absolute Gasteiger partial charge is 0.378 e. The summed E-state index contributed by atoms with van der Waals surface area (Å²) in [5.41, 5.74) is 2.88. The second-order valence-corrected chi connectivity index (χ2v) is 8.46. The van der Waals surface area contributed by atoms with Crippen molar-refractivity contribution in [2.45, 2.75) is 6.92 Å². The number of H-pyrrole nitrogens is 1. The van der Waals surface area contributed by atoms with Gasteiger partial charge in [-0.05, 0) is 19.1 Å². The molecule has 0 atom stereocenters. The smallest absolute Gasteiger partial charge is 0.259 e. The molecule has 1 saturated heterocycles. The number of aromatic nitrogens is 4. The van der Waals surface area contributed by atoms with Gasteiger partial charge in [0, 0.05) is 24.7 Å². The van der Waals surface area contributed by atoms with E-state index in [1.165, 1.54) is 11.3 Å². The Morgan fingerprint density at radius 3 is 2.93 bits per heavy atom. The molecule has 0 bridgehead atoms. The molecule has 2 N–H and O–H groups in total. The van der Waals surface area contributed by atoms with E-state index in [0.717, 1.165) is 53.3 Å². The molecule has 148 valence electrons. The molecule has 5 rings (SSSR count). The molecule has 1 fully saturated rings. The Morgan fingerprint density at radius 1 is 1.28 bits per heavy atom. The number of anilines is 2. The first-order chi connectivity index (χ1) is 14.2. The molecule has 1 amide bonds. The van der Waals surface area contributed by atoms with Crippen LogP contribution in [0.4, 0.5) is 10.3 Å². The molecular formula is C19H18N6O2S2. The van der Waals surface area contributed by atoms with Crippen molar-refractivity contribution in [3.8, 4) is 10.7 Å². The van der Waals surface area contributed by atoms with Crippen LogP contribution in [0.2, 0.25) is 0 Å². The van der Waals surface area contributed by atoms with Gasteiger partial charge in [0.15, 0.2) is 16.1 Å². The Labute approximate surface area is 174 Å². The molecule has 1 aromatic carbocycles. The predicted octanol–water partition coefficient (Wildman–Crippen LogP) is 3.54. The summed E-state index contributed by atoms with van der Waals surface area (Å²) < 4.78 is 5.43. The van der Waals surface area contributed by atoms with E-state index in [2.05, 4.69) is 20.2 Å². The molecule has 4 aromatic rings. The van der Waals surface area contributed by atoms with E-state index < -0.39 is 0 Å². The Bertz CT molecular complexity index is 1160. The highest BCUT2D eigenvalue weighted by Gasteiger charge is 2.21. The number of amides is 1. The maximum Gasteiger partial charge on any atom is 0.259 e. The van der Waals surface area contributed by atoms with Gasteiger partial charge in [0.1, 0.15) is 5.52 Å². The van der Waals surface area contributed by atoms with E-state index >= 15 is 0 Å². The Morgan fingerprint density at radius 2 is 2.14 bits per heavy atom. The average Bonchev–Trinajstić information content (AvgIpc) is 3.47. The Kier molecular flexibility index (Phi) is 4.74. The third-order valence-corrected chi connectivity index (χ3v) is 6.61. The molecule has 29 heavy (non-hydrogen) atoms. The van der Waals surface area contributed by atoms with Crippen molar-refractivity contribution < 1.29 is 9.53 Å². The first-order valence-corrected chi connectivity index (χ1v) is 10.9. The van der Waals surface area contributed by atoms with Crippen molar-refractivity contribution >= 4 is 49.9 Å². The molecule has 0 saturated carbocycles. The van der Waals surface area contributed by atoms with Crippen molar-refractivity contribution in [3.05, 3.63) is 41.0 Å². The van der Waals surface area contributed by atoms with Crippen LogP contribution < -0.4 is 10.2 Å². The number of fused-ring (bicyclic) bond motifs is 1. The zero-order valence-electron chi connectivity index (χ0n) is 15.6. The quantitative estimate of drug-likeness (QED) is 0.518. The number of rotatable bonds is 4. The SMILES string of the molecule is Cc1nc(N2CCOCC2)sc1-c1nc2c(C(=O)Nc3nccs3)cccc2[nH]1. The van der Waals surface area contributed by atoms with E-state index in [1.807, 2.05) is 24.4 Å². The van der Waals surface area contributed by atoms with Gasteiger partial charge in [-0.3, -0.25) is 10.1 Å². The fourth-order valence-corrected chi connectivity index (χ4v) is 4.85. The summed E-state index contributed by atoms with van der Waals surface area (Å²) in [5.74, 6) is 0.502. The van der Waals surface area contributed by atoms with E-state index in [1.54, 1.807) is 23.6 Å². The lowest BCUT2D eigenvalue weighted by Gasteiger charge is -2.25. The van der Waals surface area contributed by atoms with Crippen LogP contribution >= 0.6 is 22.7 Å². The van der Waals surface area contributed by atoms with Crippen LogP contribution in [0, 0.1) is 6.92 Å². The molecule has 8 nitrogen and oxygen atoms in total. The highest BCUT2D eigenvalue weighted by molar-refractivity contribution is 7.19. The number of hydrogen-bond acceptors (Lipinski definition) is 8. The second-order valence-electron chi connectivity index (χ2n) is 6.59. The molecule has 0 aliphatic carbocycles. The standard InChI is InChI=1S/C19H18N6O2S2/c1-11-15(29-19(21-11)25-6-8-27-9-7-25)16-22-13-4-2-3-12(14(13)23-16)17(26)24-18-20-5-10-28-18/h2-5,10H,6-9H2,1H3,(H,22,23)(H,20,24,26). The number of nitrogens with zero attached hydrogens (tertiary/aromatic N) is 4. The number of imidazole rings is 1. The summed E-state index contributed by atoms with van der Waals surface area (Å²) in [7, 11) is 0. The van der Waals surface area contributed by atoms with Crippen molar-refractivity contribution in [1.29, 1.82) is 0 Å². The van der Waals surface area contributed by atoms with Gasteiger partial charge < -0.3 is 14.6 Å². The van der Waals surface area contributed by atoms with Crippen LogP contribution in [0.1, 0.15) is 16.1 Å². The van der Waals surface area contributed by atoms with E-state index in [-0.39, 0.29) is 5.91 Å². The first-order valence-electron chi connectivity index (χ1n) is 9.19. The van der Waals surface area contributed by atoms with Crippen LogP contribution in [0.3, 0.4) is 0 Å². The highest BCUT2D eigenvalue weighted by atomic mass is 32.1. The highest BCUT2D eigenvalue weighted by Crippen LogP contribution is 2.34. The maximum absolute atomic E-state index is 12.7. The van der Waals surface area contributed by atoms with Gasteiger partial charge in [0.25, 0.3) is 5.91 Å². The number of aryl methyl sites for hydroxylation is 1. The summed E-state index contributed by atoms with van der Waals surface area (Å²) in [4.78, 5) is 32.9. The maximum atomic E-state index is 12.7. The number of thiazole rings is 2.